The van der Waals surface area contributed by atoms with Crippen molar-refractivity contribution in [3.8, 4) is 0 Å². The van der Waals surface area contributed by atoms with Gasteiger partial charge in [0.05, 0.1) is 0 Å². The molecule has 1 aromatic carbocycles. The predicted molar refractivity (Wildman–Crippen MR) is 93.4 cm³/mol. The van der Waals surface area contributed by atoms with Crippen molar-refractivity contribution in [1.82, 2.24) is 30.2 Å². The number of tetrazole rings is 1. The number of nitrogens with zero attached hydrogens (tertiary/aromatic N) is 6. The van der Waals surface area contributed by atoms with Crippen molar-refractivity contribution in [3.63, 3.8) is 0 Å². The minimum Gasteiger partial charge on any atom is -0.396 e. The molecule has 1 saturated heterocycles. The Morgan fingerprint density at radius 2 is 2.04 bits per heavy atom. The lowest BCUT2D eigenvalue weighted by molar-refractivity contribution is 0.127. The summed E-state index contributed by atoms with van der Waals surface area (Å²) in [6.45, 7) is 3.32. The summed E-state index contributed by atoms with van der Waals surface area (Å²) in [5.74, 6) is 1.16. The second-order valence-electron chi connectivity index (χ2n) is 6.47. The van der Waals surface area contributed by atoms with Crippen molar-refractivity contribution in [2.24, 2.45) is 5.92 Å². The van der Waals surface area contributed by atoms with Gasteiger partial charge in [0.15, 0.2) is 11.5 Å². The number of anilines is 2. The largest absolute Gasteiger partial charge is 0.396 e. The molecule has 0 spiro atoms. The number of nitrogens with one attached hydrogen (secondary N) is 1. The summed E-state index contributed by atoms with van der Waals surface area (Å²) in [5.41, 5.74) is 2.87. The van der Waals surface area contributed by atoms with Gasteiger partial charge in [-0.3, -0.25) is 4.90 Å². The number of piperidine rings is 1. The van der Waals surface area contributed by atoms with Gasteiger partial charge in [0, 0.05) is 18.8 Å². The maximum atomic E-state index is 9.25. The van der Waals surface area contributed by atoms with Crippen LogP contribution in [0.5, 0.6) is 0 Å². The van der Waals surface area contributed by atoms with Crippen LogP contribution in [0.2, 0.25) is 0 Å². The minimum absolute atomic E-state index is 0.311. The lowest BCUT2D eigenvalue weighted by atomic mass is 9.97. The Hall–Kier alpha value is -2.58. The van der Waals surface area contributed by atoms with E-state index < -0.39 is 0 Å². The Labute approximate surface area is 145 Å². The lowest BCUT2D eigenvalue weighted by Gasteiger charge is -2.31. The van der Waals surface area contributed by atoms with Crippen LogP contribution in [-0.4, -0.2) is 55.0 Å². The van der Waals surface area contributed by atoms with E-state index >= 15 is 0 Å². The molecule has 0 radical (unpaired) electrons. The second kappa shape index (κ2) is 7.12. The summed E-state index contributed by atoms with van der Waals surface area (Å²) in [4.78, 5) is 2.44. The van der Waals surface area contributed by atoms with Gasteiger partial charge in [-0.25, -0.2) is 0 Å². The molecule has 1 fully saturated rings. The highest BCUT2D eigenvalue weighted by Gasteiger charge is 2.18. The second-order valence-corrected chi connectivity index (χ2v) is 6.47. The summed E-state index contributed by atoms with van der Waals surface area (Å²) in [6.07, 6.45) is 2.15. The zero-order valence-corrected chi connectivity index (χ0v) is 13.9. The number of hydrogen-bond acceptors (Lipinski definition) is 7. The first-order valence-corrected chi connectivity index (χ1v) is 8.55. The van der Waals surface area contributed by atoms with Gasteiger partial charge < -0.3 is 10.4 Å². The molecule has 0 atom stereocenters. The molecule has 8 heteroatoms. The van der Waals surface area contributed by atoms with Crippen molar-refractivity contribution in [2.75, 3.05) is 25.0 Å². The molecule has 0 bridgehead atoms. The van der Waals surface area contributed by atoms with Crippen LogP contribution in [0.1, 0.15) is 18.4 Å². The Kier molecular flexibility index (Phi) is 4.53. The highest BCUT2D eigenvalue weighted by Crippen LogP contribution is 2.21. The summed E-state index contributed by atoms with van der Waals surface area (Å²) in [7, 11) is 0. The summed E-state index contributed by atoms with van der Waals surface area (Å²) < 4.78 is 1.40. The van der Waals surface area contributed by atoms with E-state index in [0.717, 1.165) is 38.2 Å². The molecule has 3 heterocycles. The molecule has 25 heavy (non-hydrogen) atoms. The first-order valence-electron chi connectivity index (χ1n) is 8.55. The van der Waals surface area contributed by atoms with Crippen LogP contribution in [0.25, 0.3) is 5.65 Å². The molecule has 1 aliphatic heterocycles. The molecule has 3 aromatic rings. The van der Waals surface area contributed by atoms with Crippen LogP contribution in [-0.2, 0) is 6.54 Å². The Morgan fingerprint density at radius 3 is 2.88 bits per heavy atom. The number of fused-ring (bicyclic) bond motifs is 1. The van der Waals surface area contributed by atoms with Crippen LogP contribution in [0.4, 0.5) is 11.5 Å². The predicted octanol–water partition coefficient (Wildman–Crippen LogP) is 1.47. The summed E-state index contributed by atoms with van der Waals surface area (Å²) >= 11 is 0. The fourth-order valence-electron chi connectivity index (χ4n) is 3.20. The maximum Gasteiger partial charge on any atom is 0.200 e. The van der Waals surface area contributed by atoms with Gasteiger partial charge in [-0.1, -0.05) is 12.1 Å². The van der Waals surface area contributed by atoms with E-state index in [1.54, 1.807) is 0 Å². The van der Waals surface area contributed by atoms with Gasteiger partial charge in [-0.05, 0) is 72.1 Å². The minimum atomic E-state index is 0.311. The summed E-state index contributed by atoms with van der Waals surface area (Å²) in [5, 5.41) is 28.1. The number of likely N-dealkylation sites (tertiary alicyclic amines) is 1. The van der Waals surface area contributed by atoms with Gasteiger partial charge in [-0.2, -0.15) is 0 Å². The van der Waals surface area contributed by atoms with E-state index in [2.05, 4.69) is 43.0 Å². The van der Waals surface area contributed by atoms with E-state index in [1.165, 1.54) is 10.2 Å². The van der Waals surface area contributed by atoms with Crippen LogP contribution in [0.3, 0.4) is 0 Å². The van der Waals surface area contributed by atoms with E-state index in [4.69, 9.17) is 0 Å². The monoisotopic (exact) mass is 339 g/mol. The topological polar surface area (TPSA) is 91.5 Å². The zero-order valence-electron chi connectivity index (χ0n) is 13.9. The standard InChI is InChI=1S/C17H21N7O/c25-12-13-6-8-23(9-7-13)11-14-2-1-3-15(10-14)18-16-4-5-17-19-21-22-24(17)20-16/h1-5,10,13,25H,6-9,11-12H2,(H,18,20). The molecule has 8 nitrogen and oxygen atoms in total. The fraction of sp³-hybridized carbons (Fsp3) is 0.412. The normalized spacial score (nSPS) is 16.4. The van der Waals surface area contributed by atoms with Crippen LogP contribution in [0, 0.1) is 5.92 Å². The van der Waals surface area contributed by atoms with Crippen molar-refractivity contribution >= 4 is 17.2 Å². The highest BCUT2D eigenvalue weighted by atomic mass is 16.3. The Morgan fingerprint density at radius 1 is 1.16 bits per heavy atom. The van der Waals surface area contributed by atoms with E-state index in [0.29, 0.717) is 24.0 Å². The molecule has 2 aromatic heterocycles. The average molecular weight is 339 g/mol. The maximum absolute atomic E-state index is 9.25. The average Bonchev–Trinajstić information content (AvgIpc) is 3.10. The summed E-state index contributed by atoms with van der Waals surface area (Å²) in [6, 6.07) is 12.0. The molecule has 1 aliphatic rings. The third kappa shape index (κ3) is 3.75. The number of rotatable bonds is 5. The van der Waals surface area contributed by atoms with Crippen LogP contribution in [0.15, 0.2) is 36.4 Å². The van der Waals surface area contributed by atoms with Crippen molar-refractivity contribution in [3.05, 3.63) is 42.0 Å². The number of aromatic nitrogens is 5. The van der Waals surface area contributed by atoms with Gasteiger partial charge in [-0.15, -0.1) is 14.8 Å². The molecular formula is C17H21N7O. The van der Waals surface area contributed by atoms with Crippen LogP contribution >= 0.6 is 0 Å². The third-order valence-corrected chi connectivity index (χ3v) is 4.64. The molecule has 0 saturated carbocycles. The smallest absolute Gasteiger partial charge is 0.200 e. The van der Waals surface area contributed by atoms with Gasteiger partial charge in [0.2, 0.25) is 0 Å². The van der Waals surface area contributed by atoms with E-state index in [9.17, 15) is 5.11 Å². The Bertz CT molecular complexity index is 842. The highest BCUT2D eigenvalue weighted by molar-refractivity contribution is 5.57. The molecule has 130 valence electrons. The third-order valence-electron chi connectivity index (χ3n) is 4.64. The van der Waals surface area contributed by atoms with Crippen molar-refractivity contribution < 1.29 is 5.11 Å². The molecule has 2 N–H and O–H groups in total. The number of aliphatic hydroxyl groups is 1. The first kappa shape index (κ1) is 15.9. The molecule has 0 aliphatic carbocycles. The van der Waals surface area contributed by atoms with E-state index in [-0.39, 0.29) is 0 Å². The fourth-order valence-corrected chi connectivity index (χ4v) is 3.20. The van der Waals surface area contributed by atoms with Crippen molar-refractivity contribution in [2.45, 2.75) is 19.4 Å². The number of benzene rings is 1. The zero-order chi connectivity index (χ0) is 17.1. The van der Waals surface area contributed by atoms with Crippen molar-refractivity contribution in [1.29, 1.82) is 0 Å². The molecule has 0 unspecified atom stereocenters. The van der Waals surface area contributed by atoms with E-state index in [1.807, 2.05) is 24.3 Å². The van der Waals surface area contributed by atoms with Gasteiger partial charge in [0.1, 0.15) is 0 Å². The quantitative estimate of drug-likeness (QED) is 0.727. The Balaban J connectivity index is 1.42. The molecular weight excluding hydrogens is 318 g/mol. The SMILES string of the molecule is OCC1CCN(Cc2cccc(Nc3ccc4nnnn4n3)c2)CC1. The van der Waals surface area contributed by atoms with Gasteiger partial charge in [0.25, 0.3) is 0 Å². The number of hydrogen-bond donors (Lipinski definition) is 2. The molecule has 4 rings (SSSR count). The number of aliphatic hydroxyl groups excluding tert-OH is 1. The first-order chi connectivity index (χ1) is 12.3. The lowest BCUT2D eigenvalue weighted by Crippen LogP contribution is -2.34. The molecule has 0 amide bonds. The van der Waals surface area contributed by atoms with Crippen LogP contribution < -0.4 is 5.32 Å². The van der Waals surface area contributed by atoms with Gasteiger partial charge >= 0.3 is 0 Å².